The molecule has 0 aliphatic carbocycles. The van der Waals surface area contributed by atoms with Crippen LogP contribution in [-0.4, -0.2) is 13.6 Å². The largest absolute Gasteiger partial charge is 0.319 e. The quantitative estimate of drug-likeness (QED) is 0.820. The monoisotopic (exact) mass is 219 g/mol. The molecule has 1 aromatic rings. The predicted octanol–water partition coefficient (Wildman–Crippen LogP) is 3.48. The standard InChI is InChI=1S/C15H25N/c1-14(2,3)12-7-9-13(10-8-12)15(4,5)11-16-6/h7-10,16H,11H2,1-6H3. The summed E-state index contributed by atoms with van der Waals surface area (Å²) in [6.45, 7) is 12.3. The van der Waals surface area contributed by atoms with Gasteiger partial charge in [0, 0.05) is 12.0 Å². The Balaban J connectivity index is 2.95. The second-order valence-electron chi connectivity index (χ2n) is 6.24. The fourth-order valence-electron chi connectivity index (χ4n) is 1.97. The second-order valence-corrected chi connectivity index (χ2v) is 6.24. The zero-order valence-electron chi connectivity index (χ0n) is 11.5. The molecule has 0 fully saturated rings. The van der Waals surface area contributed by atoms with Gasteiger partial charge in [0.1, 0.15) is 0 Å². The lowest BCUT2D eigenvalue weighted by Crippen LogP contribution is -2.30. The number of benzene rings is 1. The summed E-state index contributed by atoms with van der Waals surface area (Å²) in [5.74, 6) is 0. The molecule has 0 atom stereocenters. The van der Waals surface area contributed by atoms with Crippen LogP contribution in [0.2, 0.25) is 0 Å². The third kappa shape index (κ3) is 3.08. The number of hydrogen-bond donors (Lipinski definition) is 1. The zero-order chi connectivity index (χ0) is 12.4. The Kier molecular flexibility index (Phi) is 3.80. The maximum Gasteiger partial charge on any atom is 0.00401 e. The second kappa shape index (κ2) is 4.58. The van der Waals surface area contributed by atoms with E-state index in [0.29, 0.717) is 0 Å². The van der Waals surface area contributed by atoms with Gasteiger partial charge in [0.2, 0.25) is 0 Å². The van der Waals surface area contributed by atoms with E-state index in [1.165, 1.54) is 11.1 Å². The fourth-order valence-corrected chi connectivity index (χ4v) is 1.97. The van der Waals surface area contributed by atoms with Gasteiger partial charge in [-0.2, -0.15) is 0 Å². The van der Waals surface area contributed by atoms with Crippen LogP contribution >= 0.6 is 0 Å². The van der Waals surface area contributed by atoms with E-state index in [1.54, 1.807) is 0 Å². The molecule has 0 saturated carbocycles. The van der Waals surface area contributed by atoms with Gasteiger partial charge >= 0.3 is 0 Å². The van der Waals surface area contributed by atoms with Crippen LogP contribution < -0.4 is 5.32 Å². The number of rotatable bonds is 3. The topological polar surface area (TPSA) is 12.0 Å². The van der Waals surface area contributed by atoms with E-state index in [9.17, 15) is 0 Å². The molecule has 0 amide bonds. The van der Waals surface area contributed by atoms with Crippen LogP contribution in [0.1, 0.15) is 45.7 Å². The van der Waals surface area contributed by atoms with Gasteiger partial charge in [-0.15, -0.1) is 0 Å². The first kappa shape index (κ1) is 13.2. The van der Waals surface area contributed by atoms with Crippen molar-refractivity contribution in [1.29, 1.82) is 0 Å². The van der Waals surface area contributed by atoms with Gasteiger partial charge in [0.25, 0.3) is 0 Å². The Morgan fingerprint density at radius 1 is 0.875 bits per heavy atom. The molecule has 1 nitrogen and oxygen atoms in total. The van der Waals surface area contributed by atoms with Gasteiger partial charge in [-0.05, 0) is 23.6 Å². The molecule has 1 rings (SSSR count). The van der Waals surface area contributed by atoms with E-state index >= 15 is 0 Å². The van der Waals surface area contributed by atoms with Gasteiger partial charge < -0.3 is 5.32 Å². The third-order valence-corrected chi connectivity index (χ3v) is 3.15. The molecule has 16 heavy (non-hydrogen) atoms. The summed E-state index contributed by atoms with van der Waals surface area (Å²) in [6.07, 6.45) is 0. The molecule has 1 aromatic carbocycles. The van der Waals surface area contributed by atoms with Gasteiger partial charge in [0.05, 0.1) is 0 Å². The van der Waals surface area contributed by atoms with Crippen LogP contribution in [0.3, 0.4) is 0 Å². The minimum atomic E-state index is 0.200. The molecular formula is C15H25N. The number of hydrogen-bond acceptors (Lipinski definition) is 1. The minimum absolute atomic E-state index is 0.200. The Labute approximate surface area is 100 Å². The highest BCUT2D eigenvalue weighted by Crippen LogP contribution is 2.27. The normalized spacial score (nSPS) is 12.9. The SMILES string of the molecule is CNCC(C)(C)c1ccc(C(C)(C)C)cc1. The van der Waals surface area contributed by atoms with Crippen molar-refractivity contribution in [2.45, 2.75) is 45.4 Å². The molecule has 90 valence electrons. The van der Waals surface area contributed by atoms with Crippen LogP contribution in [-0.2, 0) is 10.8 Å². The third-order valence-electron chi connectivity index (χ3n) is 3.15. The number of likely N-dealkylation sites (N-methyl/N-ethyl adjacent to an activating group) is 1. The average Bonchev–Trinajstić information content (AvgIpc) is 2.16. The Bertz CT molecular complexity index is 327. The first-order valence-corrected chi connectivity index (χ1v) is 6.03. The molecule has 0 unspecified atom stereocenters. The lowest BCUT2D eigenvalue weighted by atomic mass is 9.81. The zero-order valence-corrected chi connectivity index (χ0v) is 11.5. The summed E-state index contributed by atoms with van der Waals surface area (Å²) in [6, 6.07) is 9.04. The Morgan fingerprint density at radius 2 is 1.31 bits per heavy atom. The molecule has 1 N–H and O–H groups in total. The Hall–Kier alpha value is -0.820. The molecule has 0 bridgehead atoms. The lowest BCUT2D eigenvalue weighted by molar-refractivity contribution is 0.493. The smallest absolute Gasteiger partial charge is 0.00401 e. The fraction of sp³-hybridized carbons (Fsp3) is 0.600. The van der Waals surface area contributed by atoms with E-state index in [2.05, 4.69) is 64.2 Å². The lowest BCUT2D eigenvalue weighted by Gasteiger charge is -2.26. The molecule has 0 saturated heterocycles. The molecule has 0 radical (unpaired) electrons. The van der Waals surface area contributed by atoms with E-state index in [0.717, 1.165) is 6.54 Å². The summed E-state index contributed by atoms with van der Waals surface area (Å²) in [5, 5.41) is 3.25. The summed E-state index contributed by atoms with van der Waals surface area (Å²) in [5.41, 5.74) is 3.24. The van der Waals surface area contributed by atoms with Crippen molar-refractivity contribution in [2.24, 2.45) is 0 Å². The predicted molar refractivity (Wildman–Crippen MR) is 72.1 cm³/mol. The maximum atomic E-state index is 3.25. The first-order valence-electron chi connectivity index (χ1n) is 6.03. The highest BCUT2D eigenvalue weighted by atomic mass is 14.8. The minimum Gasteiger partial charge on any atom is -0.319 e. The first-order chi connectivity index (χ1) is 7.27. The van der Waals surface area contributed by atoms with Gasteiger partial charge in [-0.25, -0.2) is 0 Å². The average molecular weight is 219 g/mol. The molecule has 0 aliphatic heterocycles. The van der Waals surface area contributed by atoms with Crippen LogP contribution in [0.5, 0.6) is 0 Å². The van der Waals surface area contributed by atoms with Gasteiger partial charge in [0.15, 0.2) is 0 Å². The van der Waals surface area contributed by atoms with Crippen molar-refractivity contribution in [3.05, 3.63) is 35.4 Å². The molecular weight excluding hydrogens is 194 g/mol. The van der Waals surface area contributed by atoms with E-state index in [4.69, 9.17) is 0 Å². The van der Waals surface area contributed by atoms with Crippen LogP contribution in [0.4, 0.5) is 0 Å². The molecule has 0 spiro atoms. The van der Waals surface area contributed by atoms with Crippen LogP contribution in [0.15, 0.2) is 24.3 Å². The van der Waals surface area contributed by atoms with Crippen molar-refractivity contribution in [3.63, 3.8) is 0 Å². The van der Waals surface area contributed by atoms with Crippen molar-refractivity contribution in [3.8, 4) is 0 Å². The van der Waals surface area contributed by atoms with Crippen molar-refractivity contribution in [2.75, 3.05) is 13.6 Å². The molecule has 0 aliphatic rings. The van der Waals surface area contributed by atoms with E-state index in [1.807, 2.05) is 7.05 Å². The van der Waals surface area contributed by atoms with Crippen molar-refractivity contribution >= 4 is 0 Å². The maximum absolute atomic E-state index is 3.25. The van der Waals surface area contributed by atoms with Crippen molar-refractivity contribution < 1.29 is 0 Å². The molecule has 0 aromatic heterocycles. The highest BCUT2D eigenvalue weighted by Gasteiger charge is 2.20. The van der Waals surface area contributed by atoms with Crippen molar-refractivity contribution in [1.82, 2.24) is 5.32 Å². The molecule has 0 heterocycles. The summed E-state index contributed by atoms with van der Waals surface area (Å²) >= 11 is 0. The van der Waals surface area contributed by atoms with Crippen LogP contribution in [0, 0.1) is 0 Å². The van der Waals surface area contributed by atoms with Gasteiger partial charge in [-0.1, -0.05) is 58.9 Å². The van der Waals surface area contributed by atoms with Crippen LogP contribution in [0.25, 0.3) is 0 Å². The summed E-state index contributed by atoms with van der Waals surface area (Å²) < 4.78 is 0. The summed E-state index contributed by atoms with van der Waals surface area (Å²) in [4.78, 5) is 0. The van der Waals surface area contributed by atoms with Gasteiger partial charge in [-0.3, -0.25) is 0 Å². The number of nitrogens with one attached hydrogen (secondary N) is 1. The van der Waals surface area contributed by atoms with E-state index < -0.39 is 0 Å². The van der Waals surface area contributed by atoms with E-state index in [-0.39, 0.29) is 10.8 Å². The Morgan fingerprint density at radius 3 is 1.69 bits per heavy atom. The summed E-state index contributed by atoms with van der Waals surface area (Å²) in [7, 11) is 2.01. The molecule has 1 heteroatoms. The highest BCUT2D eigenvalue weighted by molar-refractivity contribution is 5.31.